The van der Waals surface area contributed by atoms with E-state index >= 15 is 0 Å². The molecule has 1 aliphatic rings. The molecule has 0 atom stereocenters. The van der Waals surface area contributed by atoms with E-state index in [-0.39, 0.29) is 16.7 Å². The van der Waals surface area contributed by atoms with Crippen molar-refractivity contribution in [3.05, 3.63) is 62.3 Å². The van der Waals surface area contributed by atoms with Crippen molar-refractivity contribution in [2.24, 2.45) is 0 Å². The van der Waals surface area contributed by atoms with Crippen molar-refractivity contribution in [1.29, 1.82) is 0 Å². The summed E-state index contributed by atoms with van der Waals surface area (Å²) in [5, 5.41) is 10.4. The molecule has 10 heteroatoms. The summed E-state index contributed by atoms with van der Waals surface area (Å²) in [5.41, 5.74) is 3.13. The van der Waals surface area contributed by atoms with Crippen molar-refractivity contribution in [3.8, 4) is 5.69 Å². The summed E-state index contributed by atoms with van der Waals surface area (Å²) in [6.45, 7) is 6.67. The molecular weight excluding hydrogens is 422 g/mol. The molecule has 9 nitrogen and oxygen atoms in total. The molecule has 1 aliphatic heterocycles. The van der Waals surface area contributed by atoms with E-state index < -0.39 is 28.6 Å². The van der Waals surface area contributed by atoms with Gasteiger partial charge in [0.2, 0.25) is 0 Å². The highest BCUT2D eigenvalue weighted by molar-refractivity contribution is 8.18. The first-order valence-corrected chi connectivity index (χ1v) is 10.3. The molecule has 1 fully saturated rings. The molecule has 0 aliphatic carbocycles. The SMILES string of the molecule is Cc1cc(/C=C2\SC(=O)N(CC(=O)OC(C)C)C2=O)c(C)n1-c1ccc([N+](=O)[O-])cc1. The van der Waals surface area contributed by atoms with Gasteiger partial charge in [0.05, 0.1) is 15.9 Å². The van der Waals surface area contributed by atoms with Crippen molar-refractivity contribution in [2.45, 2.75) is 33.8 Å². The van der Waals surface area contributed by atoms with E-state index in [4.69, 9.17) is 4.74 Å². The van der Waals surface area contributed by atoms with Gasteiger partial charge in [-0.3, -0.25) is 29.4 Å². The van der Waals surface area contributed by atoms with Gasteiger partial charge in [0.15, 0.2) is 0 Å². The molecule has 1 aromatic carbocycles. The normalized spacial score (nSPS) is 15.3. The molecule has 1 saturated heterocycles. The third kappa shape index (κ3) is 4.69. The number of amides is 2. The molecule has 0 saturated carbocycles. The second-order valence-electron chi connectivity index (χ2n) is 7.24. The van der Waals surface area contributed by atoms with Gasteiger partial charge in [0.25, 0.3) is 16.8 Å². The number of aryl methyl sites for hydroxylation is 1. The summed E-state index contributed by atoms with van der Waals surface area (Å²) in [7, 11) is 0. The van der Waals surface area contributed by atoms with Gasteiger partial charge in [-0.15, -0.1) is 0 Å². The monoisotopic (exact) mass is 443 g/mol. The van der Waals surface area contributed by atoms with E-state index in [1.165, 1.54) is 12.1 Å². The Bertz CT molecular complexity index is 1100. The second-order valence-corrected chi connectivity index (χ2v) is 8.24. The lowest BCUT2D eigenvalue weighted by molar-refractivity contribution is -0.384. The van der Waals surface area contributed by atoms with Crippen molar-refractivity contribution in [1.82, 2.24) is 9.47 Å². The van der Waals surface area contributed by atoms with Crippen molar-refractivity contribution < 1.29 is 24.0 Å². The minimum Gasteiger partial charge on any atom is -0.462 e. The number of nitro benzene ring substituents is 1. The van der Waals surface area contributed by atoms with Crippen LogP contribution in [0.1, 0.15) is 30.8 Å². The van der Waals surface area contributed by atoms with Crippen LogP contribution in [0.3, 0.4) is 0 Å². The van der Waals surface area contributed by atoms with Crippen LogP contribution in [0.15, 0.2) is 35.2 Å². The van der Waals surface area contributed by atoms with E-state index in [0.29, 0.717) is 0 Å². The van der Waals surface area contributed by atoms with Gasteiger partial charge in [0, 0.05) is 29.2 Å². The predicted molar refractivity (Wildman–Crippen MR) is 116 cm³/mol. The van der Waals surface area contributed by atoms with Crippen LogP contribution in [0.25, 0.3) is 11.8 Å². The lowest BCUT2D eigenvalue weighted by atomic mass is 10.2. The maximum absolute atomic E-state index is 12.7. The molecule has 0 unspecified atom stereocenters. The van der Waals surface area contributed by atoms with Crippen LogP contribution in [0.5, 0.6) is 0 Å². The van der Waals surface area contributed by atoms with Crippen LogP contribution in [0.4, 0.5) is 10.5 Å². The molecule has 0 spiro atoms. The topological polar surface area (TPSA) is 112 Å². The lowest BCUT2D eigenvalue weighted by Crippen LogP contribution is -2.35. The van der Waals surface area contributed by atoms with Gasteiger partial charge in [0.1, 0.15) is 6.54 Å². The molecular formula is C21H21N3O6S. The van der Waals surface area contributed by atoms with E-state index in [9.17, 15) is 24.5 Å². The predicted octanol–water partition coefficient (Wildman–Crippen LogP) is 3.99. The van der Waals surface area contributed by atoms with Gasteiger partial charge in [-0.1, -0.05) is 0 Å². The number of esters is 1. The Morgan fingerprint density at radius 1 is 1.23 bits per heavy atom. The number of benzene rings is 1. The molecule has 1 aromatic heterocycles. The Morgan fingerprint density at radius 3 is 2.45 bits per heavy atom. The minimum absolute atomic E-state index is 0.00361. The zero-order valence-electron chi connectivity index (χ0n) is 17.4. The zero-order chi connectivity index (χ0) is 22.9. The molecule has 2 aromatic rings. The maximum Gasteiger partial charge on any atom is 0.326 e. The van der Waals surface area contributed by atoms with E-state index in [1.807, 2.05) is 24.5 Å². The number of ether oxygens (including phenoxy) is 1. The minimum atomic E-state index is -0.644. The van der Waals surface area contributed by atoms with Crippen LogP contribution in [-0.4, -0.2) is 44.2 Å². The van der Waals surface area contributed by atoms with E-state index in [1.54, 1.807) is 32.1 Å². The second kappa shape index (κ2) is 8.76. The largest absolute Gasteiger partial charge is 0.462 e. The third-order valence-electron chi connectivity index (χ3n) is 4.60. The lowest BCUT2D eigenvalue weighted by Gasteiger charge is -2.13. The average molecular weight is 443 g/mol. The number of carbonyl (C=O) groups excluding carboxylic acids is 3. The van der Waals surface area contributed by atoms with Gasteiger partial charge in [-0.05, 0) is 69.3 Å². The van der Waals surface area contributed by atoms with Crippen molar-refractivity contribution in [2.75, 3.05) is 6.54 Å². The van der Waals surface area contributed by atoms with Gasteiger partial charge < -0.3 is 9.30 Å². The van der Waals surface area contributed by atoms with Crippen LogP contribution in [-0.2, 0) is 14.3 Å². The van der Waals surface area contributed by atoms with E-state index in [2.05, 4.69) is 0 Å². The third-order valence-corrected chi connectivity index (χ3v) is 5.51. The van der Waals surface area contributed by atoms with Crippen molar-refractivity contribution >= 4 is 40.6 Å². The first-order chi connectivity index (χ1) is 14.6. The average Bonchev–Trinajstić information content (AvgIpc) is 3.11. The summed E-state index contributed by atoms with van der Waals surface area (Å²) in [4.78, 5) is 48.2. The Morgan fingerprint density at radius 2 is 1.87 bits per heavy atom. The summed E-state index contributed by atoms with van der Waals surface area (Å²) >= 11 is 0.769. The molecule has 31 heavy (non-hydrogen) atoms. The highest BCUT2D eigenvalue weighted by Crippen LogP contribution is 2.33. The van der Waals surface area contributed by atoms with Crippen LogP contribution in [0.2, 0.25) is 0 Å². The zero-order valence-corrected chi connectivity index (χ0v) is 18.3. The number of non-ortho nitro benzene ring substituents is 1. The smallest absolute Gasteiger partial charge is 0.326 e. The summed E-state index contributed by atoms with van der Waals surface area (Å²) < 4.78 is 6.92. The first kappa shape index (κ1) is 22.3. The molecule has 0 bridgehead atoms. The molecule has 2 amide bonds. The molecule has 0 radical (unpaired) electrons. The molecule has 162 valence electrons. The number of thioether (sulfide) groups is 1. The van der Waals surface area contributed by atoms with Crippen molar-refractivity contribution in [3.63, 3.8) is 0 Å². The Labute approximate surface area is 182 Å². The number of nitro groups is 1. The number of nitrogens with zero attached hydrogens (tertiary/aromatic N) is 3. The Hall–Kier alpha value is -3.40. The number of carbonyl (C=O) groups is 3. The number of hydrogen-bond acceptors (Lipinski definition) is 7. The highest BCUT2D eigenvalue weighted by atomic mass is 32.2. The summed E-state index contributed by atoms with van der Waals surface area (Å²) in [5.74, 6) is -1.19. The maximum atomic E-state index is 12.7. The van der Waals surface area contributed by atoms with Crippen LogP contribution < -0.4 is 0 Å². The quantitative estimate of drug-likeness (QED) is 0.287. The van der Waals surface area contributed by atoms with Crippen LogP contribution >= 0.6 is 11.8 Å². The van der Waals surface area contributed by atoms with Crippen LogP contribution in [0, 0.1) is 24.0 Å². The highest BCUT2D eigenvalue weighted by Gasteiger charge is 2.37. The van der Waals surface area contributed by atoms with Gasteiger partial charge in [-0.25, -0.2) is 0 Å². The number of rotatable bonds is 6. The molecule has 0 N–H and O–H groups in total. The van der Waals surface area contributed by atoms with E-state index in [0.717, 1.165) is 39.3 Å². The standard InChI is InChI=1S/C21H21N3O6S/c1-12(2)30-19(25)11-22-20(26)18(31-21(22)27)10-15-9-13(3)23(14(15)4)16-5-7-17(8-6-16)24(28)29/h5-10,12H,11H2,1-4H3/b18-10-. The van der Waals surface area contributed by atoms with Gasteiger partial charge in [-0.2, -0.15) is 0 Å². The van der Waals surface area contributed by atoms with Gasteiger partial charge >= 0.3 is 5.97 Å². The summed E-state index contributed by atoms with van der Waals surface area (Å²) in [6.07, 6.45) is 1.27. The summed E-state index contributed by atoms with van der Waals surface area (Å²) in [6, 6.07) is 8.01. The number of hydrogen-bond donors (Lipinski definition) is 0. The Balaban J connectivity index is 1.86. The fraction of sp³-hybridized carbons (Fsp3) is 0.286. The first-order valence-electron chi connectivity index (χ1n) is 9.47. The molecule has 2 heterocycles. The fourth-order valence-corrected chi connectivity index (χ4v) is 4.09. The number of aromatic nitrogens is 1. The molecule has 3 rings (SSSR count). The fourth-order valence-electron chi connectivity index (χ4n) is 3.26. The number of imide groups is 1. The Kier molecular flexibility index (Phi) is 6.30.